The normalized spacial score (nSPS) is 14.5. The highest BCUT2D eigenvalue weighted by atomic mass is 19.4. The molecule has 2 amide bonds. The molecule has 0 atom stereocenters. The molecule has 2 aromatic carbocycles. The second kappa shape index (κ2) is 10.5. The van der Waals surface area contributed by atoms with Crippen LogP contribution in [-0.2, 0) is 15.8 Å². The number of anilines is 1. The number of amides is 2. The summed E-state index contributed by atoms with van der Waals surface area (Å²) in [5.74, 6) is -0.956. The zero-order chi connectivity index (χ0) is 24.9. The minimum Gasteiger partial charge on any atom is -0.477 e. The molecule has 1 fully saturated rings. The summed E-state index contributed by atoms with van der Waals surface area (Å²) in [4.78, 5) is 38.5. The minimum atomic E-state index is -4.59. The molecule has 1 aliphatic rings. The number of aryl methyl sites for hydroxylation is 1. The number of carbonyl (C=O) groups excluding carboxylic acids is 2. The van der Waals surface area contributed by atoms with Gasteiger partial charge >= 0.3 is 11.9 Å². The first-order chi connectivity index (χ1) is 16.0. The maximum atomic E-state index is 13.1. The Morgan fingerprint density at radius 1 is 1.12 bits per heavy atom. The fraction of sp³-hybridized carbons (Fsp3) is 0.364. The van der Waals surface area contributed by atoms with Crippen LogP contribution in [-0.4, -0.2) is 65.9 Å². The number of para-hydroxylation sites is 1. The van der Waals surface area contributed by atoms with Crippen molar-refractivity contribution in [2.75, 3.05) is 44.6 Å². The largest absolute Gasteiger partial charge is 0.477 e. The van der Waals surface area contributed by atoms with Gasteiger partial charge in [0.15, 0.2) is 12.4 Å². The van der Waals surface area contributed by atoms with E-state index in [9.17, 15) is 32.9 Å². The predicted molar refractivity (Wildman–Crippen MR) is 116 cm³/mol. The second-order valence-corrected chi connectivity index (χ2v) is 7.77. The van der Waals surface area contributed by atoms with Gasteiger partial charge in [-0.1, -0.05) is 18.2 Å². The average Bonchev–Trinajstić information content (AvgIpc) is 2.78. The lowest BCUT2D eigenvalue weighted by Crippen LogP contribution is -2.51. The SMILES string of the molecule is Cc1ccc(OCC(=O)N2CCN(CC(=O)Nc3ccccc3C(F)(F)F)CC2)c([N+](=O)[O-])c1. The van der Waals surface area contributed by atoms with Crippen LogP contribution in [0, 0.1) is 17.0 Å². The summed E-state index contributed by atoms with van der Waals surface area (Å²) in [7, 11) is 0. The number of nitro groups is 1. The summed E-state index contributed by atoms with van der Waals surface area (Å²) in [6.45, 7) is 2.44. The third-order valence-corrected chi connectivity index (χ3v) is 5.26. The van der Waals surface area contributed by atoms with Crippen LogP contribution in [0.3, 0.4) is 0 Å². The number of hydrogen-bond donors (Lipinski definition) is 1. The molecular weight excluding hydrogens is 457 g/mol. The van der Waals surface area contributed by atoms with Gasteiger partial charge < -0.3 is 15.0 Å². The number of rotatable bonds is 7. The molecule has 12 heteroatoms. The number of benzene rings is 2. The highest BCUT2D eigenvalue weighted by Gasteiger charge is 2.33. The molecule has 1 N–H and O–H groups in total. The molecule has 0 radical (unpaired) electrons. The van der Waals surface area contributed by atoms with Crippen molar-refractivity contribution in [1.82, 2.24) is 9.80 Å². The lowest BCUT2D eigenvalue weighted by molar-refractivity contribution is -0.385. The number of alkyl halides is 3. The molecule has 0 saturated carbocycles. The van der Waals surface area contributed by atoms with Gasteiger partial charge in [0, 0.05) is 32.2 Å². The van der Waals surface area contributed by atoms with E-state index in [0.717, 1.165) is 6.07 Å². The maximum Gasteiger partial charge on any atom is 0.418 e. The molecule has 1 heterocycles. The second-order valence-electron chi connectivity index (χ2n) is 7.77. The van der Waals surface area contributed by atoms with E-state index in [1.165, 1.54) is 35.2 Å². The van der Waals surface area contributed by atoms with Crippen LogP contribution in [0.4, 0.5) is 24.5 Å². The molecule has 34 heavy (non-hydrogen) atoms. The van der Waals surface area contributed by atoms with Crippen molar-refractivity contribution in [1.29, 1.82) is 0 Å². The molecule has 0 unspecified atom stereocenters. The average molecular weight is 480 g/mol. The van der Waals surface area contributed by atoms with Gasteiger partial charge in [0.25, 0.3) is 5.91 Å². The Labute approximate surface area is 193 Å². The maximum absolute atomic E-state index is 13.1. The molecular formula is C22H23F3N4O5. The van der Waals surface area contributed by atoms with Crippen LogP contribution in [0.25, 0.3) is 0 Å². The van der Waals surface area contributed by atoms with Crippen LogP contribution < -0.4 is 10.1 Å². The van der Waals surface area contributed by atoms with E-state index in [-0.39, 0.29) is 49.3 Å². The van der Waals surface area contributed by atoms with Gasteiger partial charge in [0.05, 0.1) is 22.7 Å². The fourth-order valence-electron chi connectivity index (χ4n) is 3.51. The van der Waals surface area contributed by atoms with Crippen LogP contribution >= 0.6 is 0 Å². The zero-order valence-corrected chi connectivity index (χ0v) is 18.3. The topological polar surface area (TPSA) is 105 Å². The van der Waals surface area contributed by atoms with E-state index in [1.54, 1.807) is 17.9 Å². The summed E-state index contributed by atoms with van der Waals surface area (Å²) < 4.78 is 44.6. The number of halogens is 3. The fourth-order valence-corrected chi connectivity index (χ4v) is 3.51. The third-order valence-electron chi connectivity index (χ3n) is 5.26. The summed E-state index contributed by atoms with van der Waals surface area (Å²) in [6, 6.07) is 9.18. The summed E-state index contributed by atoms with van der Waals surface area (Å²) >= 11 is 0. The first-order valence-corrected chi connectivity index (χ1v) is 10.4. The highest BCUT2D eigenvalue weighted by Crippen LogP contribution is 2.34. The number of piperazine rings is 1. The van der Waals surface area contributed by atoms with Crippen LogP contribution in [0.15, 0.2) is 42.5 Å². The molecule has 2 aromatic rings. The van der Waals surface area contributed by atoms with Gasteiger partial charge in [-0.2, -0.15) is 13.2 Å². The molecule has 0 aromatic heterocycles. The monoisotopic (exact) mass is 480 g/mol. The van der Waals surface area contributed by atoms with Crippen molar-refractivity contribution in [3.8, 4) is 5.75 Å². The van der Waals surface area contributed by atoms with Crippen LogP contribution in [0.1, 0.15) is 11.1 Å². The Hall–Kier alpha value is -3.67. The number of nitro benzene ring substituents is 1. The van der Waals surface area contributed by atoms with Gasteiger partial charge in [-0.25, -0.2) is 0 Å². The number of carbonyl (C=O) groups is 2. The van der Waals surface area contributed by atoms with E-state index in [4.69, 9.17) is 4.74 Å². The van der Waals surface area contributed by atoms with Crippen molar-refractivity contribution in [3.05, 3.63) is 63.7 Å². The van der Waals surface area contributed by atoms with Crippen molar-refractivity contribution >= 4 is 23.2 Å². The number of hydrogen-bond acceptors (Lipinski definition) is 6. The van der Waals surface area contributed by atoms with Gasteiger partial charge in [-0.05, 0) is 30.7 Å². The molecule has 3 rings (SSSR count). The summed E-state index contributed by atoms with van der Waals surface area (Å²) in [5, 5.41) is 13.5. The lowest BCUT2D eigenvalue weighted by Gasteiger charge is -2.34. The Morgan fingerprint density at radius 2 is 1.79 bits per heavy atom. The van der Waals surface area contributed by atoms with Gasteiger partial charge in [0.1, 0.15) is 0 Å². The van der Waals surface area contributed by atoms with E-state index >= 15 is 0 Å². The van der Waals surface area contributed by atoms with Crippen molar-refractivity contribution < 1.29 is 32.4 Å². The first kappa shape index (κ1) is 25.0. The Kier molecular flexibility index (Phi) is 7.72. The summed E-state index contributed by atoms with van der Waals surface area (Å²) in [6.07, 6.45) is -4.59. The Balaban J connectivity index is 1.48. The van der Waals surface area contributed by atoms with Gasteiger partial charge in [0.2, 0.25) is 5.91 Å². The predicted octanol–water partition coefficient (Wildman–Crippen LogP) is 3.08. The van der Waals surface area contributed by atoms with Crippen molar-refractivity contribution in [2.45, 2.75) is 13.1 Å². The van der Waals surface area contributed by atoms with E-state index in [2.05, 4.69) is 5.32 Å². The lowest BCUT2D eigenvalue weighted by atomic mass is 10.1. The zero-order valence-electron chi connectivity index (χ0n) is 18.3. The van der Waals surface area contributed by atoms with E-state index in [1.807, 2.05) is 0 Å². The quantitative estimate of drug-likeness (QED) is 0.483. The molecule has 1 aliphatic heterocycles. The summed E-state index contributed by atoms with van der Waals surface area (Å²) in [5.41, 5.74) is -0.771. The molecule has 0 bridgehead atoms. The van der Waals surface area contributed by atoms with Crippen molar-refractivity contribution in [3.63, 3.8) is 0 Å². The molecule has 182 valence electrons. The third kappa shape index (κ3) is 6.44. The Morgan fingerprint density at radius 3 is 2.44 bits per heavy atom. The number of nitrogens with zero attached hydrogens (tertiary/aromatic N) is 3. The van der Waals surface area contributed by atoms with E-state index in [0.29, 0.717) is 18.7 Å². The van der Waals surface area contributed by atoms with Gasteiger partial charge in [-0.3, -0.25) is 24.6 Å². The standard InChI is InChI=1S/C22H23F3N4O5/c1-15-6-7-19(18(12-15)29(32)33)34-14-21(31)28-10-8-27(9-11-28)13-20(30)26-17-5-3-2-4-16(17)22(23,24)25/h2-7,12H,8-11,13-14H2,1H3,(H,26,30). The Bertz CT molecular complexity index is 1070. The molecule has 9 nitrogen and oxygen atoms in total. The number of nitrogens with one attached hydrogen (secondary N) is 1. The van der Waals surface area contributed by atoms with Gasteiger partial charge in [-0.15, -0.1) is 0 Å². The highest BCUT2D eigenvalue weighted by molar-refractivity contribution is 5.93. The van der Waals surface area contributed by atoms with Crippen LogP contribution in [0.2, 0.25) is 0 Å². The molecule has 0 aliphatic carbocycles. The van der Waals surface area contributed by atoms with Crippen LogP contribution in [0.5, 0.6) is 5.75 Å². The van der Waals surface area contributed by atoms with Crippen molar-refractivity contribution in [2.24, 2.45) is 0 Å². The number of ether oxygens (including phenoxy) is 1. The first-order valence-electron chi connectivity index (χ1n) is 10.4. The van der Waals surface area contributed by atoms with E-state index < -0.39 is 22.6 Å². The smallest absolute Gasteiger partial charge is 0.418 e. The molecule has 0 spiro atoms. The minimum absolute atomic E-state index is 0.00149. The molecule has 1 saturated heterocycles.